The summed E-state index contributed by atoms with van der Waals surface area (Å²) in [6.45, 7) is -0.576. The number of nitrogens with zero attached hydrogens (tertiary/aromatic N) is 2. The van der Waals surface area contributed by atoms with E-state index < -0.39 is 35.0 Å². The van der Waals surface area contributed by atoms with Gasteiger partial charge in [-0.15, -0.1) is 0 Å². The smallest absolute Gasteiger partial charge is 0.343 e. The maximum Gasteiger partial charge on any atom is 0.343 e. The van der Waals surface area contributed by atoms with E-state index in [4.69, 9.17) is 4.74 Å². The lowest BCUT2D eigenvalue weighted by Gasteiger charge is -2.14. The number of carbonyl (C=O) groups is 3. The lowest BCUT2D eigenvalue weighted by molar-refractivity contribution is -0.385. The number of methoxy groups -OCH3 is 1. The average molecular weight is 397 g/mol. The first-order valence-corrected chi connectivity index (χ1v) is 8.31. The van der Waals surface area contributed by atoms with Crippen molar-refractivity contribution < 1.29 is 28.8 Å². The monoisotopic (exact) mass is 397 g/mol. The number of carbonyl (C=O) groups excluding carboxylic acids is 3. The van der Waals surface area contributed by atoms with Crippen LogP contribution in [0, 0.1) is 10.1 Å². The van der Waals surface area contributed by atoms with Crippen LogP contribution in [0.5, 0.6) is 5.75 Å². The third-order valence-corrected chi connectivity index (χ3v) is 3.99. The molecule has 10 heteroatoms. The number of nitrogens with one attached hydrogen (secondary N) is 1. The molecule has 0 aromatic heterocycles. The van der Waals surface area contributed by atoms with Crippen molar-refractivity contribution in [3.8, 4) is 5.75 Å². The number of anilines is 1. The van der Waals surface area contributed by atoms with Gasteiger partial charge in [-0.1, -0.05) is 30.3 Å². The summed E-state index contributed by atoms with van der Waals surface area (Å²) in [6.07, 6.45) is 1.18. The number of nitro groups is 1. The van der Waals surface area contributed by atoms with Crippen molar-refractivity contribution in [3.05, 3.63) is 69.8 Å². The Morgan fingerprint density at radius 3 is 2.55 bits per heavy atom. The van der Waals surface area contributed by atoms with E-state index in [1.165, 1.54) is 24.3 Å². The average Bonchev–Trinajstić information content (AvgIpc) is 3.01. The Kier molecular flexibility index (Phi) is 5.54. The first-order chi connectivity index (χ1) is 13.9. The van der Waals surface area contributed by atoms with Crippen molar-refractivity contribution in [3.63, 3.8) is 0 Å². The molecule has 1 N–H and O–H groups in total. The van der Waals surface area contributed by atoms with Crippen LogP contribution < -0.4 is 15.2 Å². The van der Waals surface area contributed by atoms with Crippen LogP contribution in [-0.2, 0) is 19.1 Å². The van der Waals surface area contributed by atoms with Gasteiger partial charge in [0.1, 0.15) is 5.57 Å². The molecule has 0 spiro atoms. The number of para-hydroxylation sites is 2. The van der Waals surface area contributed by atoms with Gasteiger partial charge in [0.2, 0.25) is 5.75 Å². The number of esters is 1. The summed E-state index contributed by atoms with van der Waals surface area (Å²) in [5.41, 5.74) is 2.32. The molecule has 148 valence electrons. The van der Waals surface area contributed by atoms with Crippen molar-refractivity contribution in [1.29, 1.82) is 0 Å². The number of rotatable bonds is 6. The maximum atomic E-state index is 12.7. The molecule has 0 aliphatic carbocycles. The van der Waals surface area contributed by atoms with E-state index in [0.29, 0.717) is 5.69 Å². The van der Waals surface area contributed by atoms with Crippen LogP contribution in [-0.4, -0.2) is 36.4 Å². The van der Waals surface area contributed by atoms with Crippen LogP contribution in [0.4, 0.5) is 11.4 Å². The minimum absolute atomic E-state index is 0.0940. The van der Waals surface area contributed by atoms with E-state index >= 15 is 0 Å². The predicted molar refractivity (Wildman–Crippen MR) is 101 cm³/mol. The highest BCUT2D eigenvalue weighted by molar-refractivity contribution is 6.31. The van der Waals surface area contributed by atoms with Crippen molar-refractivity contribution in [2.75, 3.05) is 18.7 Å². The topological polar surface area (TPSA) is 128 Å². The first kappa shape index (κ1) is 19.5. The lowest BCUT2D eigenvalue weighted by Crippen LogP contribution is -2.35. The van der Waals surface area contributed by atoms with Gasteiger partial charge in [-0.05, 0) is 18.2 Å². The predicted octanol–water partition coefficient (Wildman–Crippen LogP) is 1.61. The summed E-state index contributed by atoms with van der Waals surface area (Å²) in [6, 6.07) is 12.4. The van der Waals surface area contributed by atoms with Crippen LogP contribution in [0.3, 0.4) is 0 Å². The van der Waals surface area contributed by atoms with Crippen molar-refractivity contribution >= 4 is 35.2 Å². The Balaban J connectivity index is 1.99. The van der Waals surface area contributed by atoms with Crippen LogP contribution >= 0.6 is 0 Å². The highest BCUT2D eigenvalue weighted by atomic mass is 16.6. The lowest BCUT2D eigenvalue weighted by atomic mass is 10.1. The third kappa shape index (κ3) is 4.05. The Bertz CT molecular complexity index is 1020. The molecule has 1 heterocycles. The van der Waals surface area contributed by atoms with Gasteiger partial charge in [-0.25, -0.2) is 9.80 Å². The fraction of sp³-hybridized carbons (Fsp3) is 0.105. The molecule has 0 radical (unpaired) electrons. The summed E-state index contributed by atoms with van der Waals surface area (Å²) >= 11 is 0. The molecule has 2 aromatic rings. The molecule has 2 aromatic carbocycles. The Morgan fingerprint density at radius 1 is 1.17 bits per heavy atom. The number of ether oxygens (including phenoxy) is 2. The summed E-state index contributed by atoms with van der Waals surface area (Å²) in [4.78, 5) is 47.0. The number of nitro benzene ring substituents is 1. The van der Waals surface area contributed by atoms with E-state index in [9.17, 15) is 24.5 Å². The fourth-order valence-electron chi connectivity index (χ4n) is 2.62. The molecule has 1 fully saturated rings. The zero-order valence-corrected chi connectivity index (χ0v) is 15.2. The van der Waals surface area contributed by atoms with E-state index in [1.807, 2.05) is 0 Å². The minimum atomic E-state index is -0.744. The second kappa shape index (κ2) is 8.21. The van der Waals surface area contributed by atoms with Crippen molar-refractivity contribution in [2.45, 2.75) is 0 Å². The van der Waals surface area contributed by atoms with E-state index in [0.717, 1.165) is 12.1 Å². The van der Waals surface area contributed by atoms with Gasteiger partial charge in [-0.3, -0.25) is 25.1 Å². The van der Waals surface area contributed by atoms with Crippen molar-refractivity contribution in [2.24, 2.45) is 0 Å². The van der Waals surface area contributed by atoms with Crippen LogP contribution in [0.1, 0.15) is 5.56 Å². The van der Waals surface area contributed by atoms with Crippen LogP contribution in [0.2, 0.25) is 0 Å². The number of hydrazine groups is 1. The molecule has 0 saturated carbocycles. The molecule has 1 saturated heterocycles. The van der Waals surface area contributed by atoms with Crippen LogP contribution in [0.25, 0.3) is 6.08 Å². The summed E-state index contributed by atoms with van der Waals surface area (Å²) in [7, 11) is 1.15. The molecule has 3 rings (SSSR count). The van der Waals surface area contributed by atoms with Gasteiger partial charge in [0.25, 0.3) is 11.8 Å². The number of amides is 2. The normalized spacial score (nSPS) is 14.7. The number of hydrogen-bond acceptors (Lipinski definition) is 7. The third-order valence-electron chi connectivity index (χ3n) is 3.99. The van der Waals surface area contributed by atoms with Crippen molar-refractivity contribution in [1.82, 2.24) is 5.43 Å². The molecule has 10 nitrogen and oxygen atoms in total. The molecular weight excluding hydrogens is 382 g/mol. The molecule has 1 aliphatic heterocycles. The standard InChI is InChI=1S/C19H15N3O7/c1-28-16(23)11-29-17-12(6-5-9-15(17)22(26)27)10-14-18(24)20-21(19(14)25)13-7-3-2-4-8-13/h2-10H,11H2,1H3,(H,20,24)/b14-10-. The molecular formula is C19H15N3O7. The Labute approximate surface area is 164 Å². The molecule has 2 amide bonds. The zero-order valence-electron chi connectivity index (χ0n) is 15.2. The summed E-state index contributed by atoms with van der Waals surface area (Å²) in [5, 5.41) is 12.4. The summed E-state index contributed by atoms with van der Waals surface area (Å²) < 4.78 is 9.73. The van der Waals surface area contributed by atoms with Gasteiger partial charge in [0, 0.05) is 11.6 Å². The second-order valence-electron chi connectivity index (χ2n) is 5.79. The zero-order chi connectivity index (χ0) is 21.0. The van der Waals surface area contributed by atoms with Crippen LogP contribution in [0.15, 0.2) is 54.1 Å². The number of hydrogen-bond donors (Lipinski definition) is 1. The molecule has 29 heavy (non-hydrogen) atoms. The SMILES string of the molecule is COC(=O)COc1c(/C=C2/C(=O)NN(c3ccccc3)C2=O)cccc1[N+](=O)[O-]. The molecule has 0 atom stereocenters. The van der Waals surface area contributed by atoms with Gasteiger partial charge in [-0.2, -0.15) is 0 Å². The fourth-order valence-corrected chi connectivity index (χ4v) is 2.62. The highest BCUT2D eigenvalue weighted by Crippen LogP contribution is 2.33. The number of benzene rings is 2. The van der Waals surface area contributed by atoms with Gasteiger partial charge >= 0.3 is 11.7 Å². The first-order valence-electron chi connectivity index (χ1n) is 8.31. The molecule has 0 unspecified atom stereocenters. The Hall–Kier alpha value is -4.21. The van der Waals surface area contributed by atoms with E-state index in [2.05, 4.69) is 10.2 Å². The largest absolute Gasteiger partial charge is 0.474 e. The molecule has 1 aliphatic rings. The van der Waals surface area contributed by atoms with E-state index in [1.54, 1.807) is 30.3 Å². The molecule has 0 bridgehead atoms. The van der Waals surface area contributed by atoms with E-state index in [-0.39, 0.29) is 16.9 Å². The minimum Gasteiger partial charge on any atom is -0.474 e. The Morgan fingerprint density at radius 2 is 1.90 bits per heavy atom. The van der Waals surface area contributed by atoms with Gasteiger partial charge < -0.3 is 9.47 Å². The van der Waals surface area contributed by atoms with Gasteiger partial charge in [0.05, 0.1) is 17.7 Å². The van der Waals surface area contributed by atoms with Gasteiger partial charge in [0.15, 0.2) is 6.61 Å². The quantitative estimate of drug-likeness (QED) is 0.258. The highest BCUT2D eigenvalue weighted by Gasteiger charge is 2.35. The second-order valence-corrected chi connectivity index (χ2v) is 5.79. The maximum absolute atomic E-state index is 12.7. The summed E-state index contributed by atoms with van der Waals surface area (Å²) in [5.74, 6) is -2.31.